The number of nitrogens with zero attached hydrogens (tertiary/aromatic N) is 1. The van der Waals surface area contributed by atoms with Crippen molar-refractivity contribution in [2.45, 2.75) is 26.7 Å². The zero-order valence-corrected chi connectivity index (χ0v) is 18.1. The zero-order chi connectivity index (χ0) is 22.4. The van der Waals surface area contributed by atoms with Gasteiger partial charge in [0.05, 0.1) is 24.5 Å². The summed E-state index contributed by atoms with van der Waals surface area (Å²) in [6.45, 7) is 4.58. The molecule has 8 heteroatoms. The molecule has 0 radical (unpaired) electrons. The van der Waals surface area contributed by atoms with Gasteiger partial charge in [0.1, 0.15) is 16.5 Å². The molecular weight excluding hydrogens is 420 g/mol. The molecule has 0 fully saturated rings. The van der Waals surface area contributed by atoms with Gasteiger partial charge in [-0.1, -0.05) is 37.1 Å². The normalized spacial score (nSPS) is 13.6. The van der Waals surface area contributed by atoms with Crippen LogP contribution in [0.25, 0.3) is 0 Å². The maximum atomic E-state index is 13.0. The number of hydrogen-bond acceptors (Lipinski definition) is 6. The lowest BCUT2D eigenvalue weighted by atomic mass is 10.2. The summed E-state index contributed by atoms with van der Waals surface area (Å²) in [6, 6.07) is 13.1. The van der Waals surface area contributed by atoms with E-state index in [1.807, 2.05) is 13.8 Å². The van der Waals surface area contributed by atoms with E-state index in [1.54, 1.807) is 48.5 Å². The summed E-state index contributed by atoms with van der Waals surface area (Å²) in [4.78, 5) is 38.7. The van der Waals surface area contributed by atoms with E-state index in [0.717, 1.165) is 17.7 Å². The fourth-order valence-corrected chi connectivity index (χ4v) is 3.19. The number of unbranched alkanes of at least 4 members (excludes halogenated alkanes) is 1. The number of halogens is 1. The van der Waals surface area contributed by atoms with E-state index in [-0.39, 0.29) is 10.7 Å². The third-order valence-electron chi connectivity index (χ3n) is 4.55. The minimum Gasteiger partial charge on any atom is -0.492 e. The van der Waals surface area contributed by atoms with Crippen LogP contribution < -0.4 is 15.0 Å². The molecule has 0 spiro atoms. The molecular formula is C23H23ClN2O5. The molecule has 1 heterocycles. The first-order valence-electron chi connectivity index (χ1n) is 10.0. The van der Waals surface area contributed by atoms with Crippen LogP contribution in [0.4, 0.5) is 11.4 Å². The topological polar surface area (TPSA) is 84.9 Å². The van der Waals surface area contributed by atoms with E-state index < -0.39 is 17.8 Å². The zero-order valence-electron chi connectivity index (χ0n) is 17.3. The number of para-hydroxylation sites is 2. The Morgan fingerprint density at radius 2 is 1.74 bits per heavy atom. The van der Waals surface area contributed by atoms with Crippen LogP contribution in [-0.2, 0) is 14.3 Å². The summed E-state index contributed by atoms with van der Waals surface area (Å²) < 4.78 is 10.7. The average Bonchev–Trinajstić information content (AvgIpc) is 2.98. The number of carbonyl (C=O) groups is 3. The van der Waals surface area contributed by atoms with Gasteiger partial charge in [-0.3, -0.25) is 9.59 Å². The molecule has 0 atom stereocenters. The van der Waals surface area contributed by atoms with Gasteiger partial charge in [-0.2, -0.15) is 0 Å². The maximum Gasteiger partial charge on any atom is 0.338 e. The largest absolute Gasteiger partial charge is 0.492 e. The fourth-order valence-electron chi connectivity index (χ4n) is 2.98. The predicted molar refractivity (Wildman–Crippen MR) is 118 cm³/mol. The lowest BCUT2D eigenvalue weighted by Crippen LogP contribution is -2.32. The Morgan fingerprint density at radius 1 is 1.03 bits per heavy atom. The predicted octanol–water partition coefficient (Wildman–Crippen LogP) is 4.48. The number of imide groups is 1. The van der Waals surface area contributed by atoms with Crippen LogP contribution in [0.15, 0.2) is 59.3 Å². The molecule has 2 aromatic carbocycles. The summed E-state index contributed by atoms with van der Waals surface area (Å²) >= 11 is 6.19. The number of amides is 2. The Bertz CT molecular complexity index is 1020. The minimum atomic E-state index is -0.641. The highest BCUT2D eigenvalue weighted by atomic mass is 35.5. The number of anilines is 2. The number of hydrogen-bond donors (Lipinski definition) is 1. The molecule has 0 aromatic heterocycles. The summed E-state index contributed by atoms with van der Waals surface area (Å²) in [5.74, 6) is -1.24. The molecule has 1 N–H and O–H groups in total. The molecule has 0 saturated carbocycles. The highest BCUT2D eigenvalue weighted by Gasteiger charge is 2.40. The monoisotopic (exact) mass is 442 g/mol. The number of rotatable bonds is 9. The summed E-state index contributed by atoms with van der Waals surface area (Å²) in [5.41, 5.74) is 1.16. The van der Waals surface area contributed by atoms with E-state index in [0.29, 0.717) is 35.9 Å². The SMILES string of the molecule is CCCCOC(=O)c1ccc(NC2=C(Cl)C(=O)N(c3ccccc3OCC)C2=O)cc1. The number of benzene rings is 2. The second-order valence-electron chi connectivity index (χ2n) is 6.73. The molecule has 162 valence electrons. The van der Waals surface area contributed by atoms with Crippen LogP contribution in [0.3, 0.4) is 0 Å². The molecule has 0 bridgehead atoms. The Kier molecular flexibility index (Phi) is 7.31. The van der Waals surface area contributed by atoms with Gasteiger partial charge in [-0.05, 0) is 49.7 Å². The Balaban J connectivity index is 1.76. The molecule has 2 aromatic rings. The van der Waals surface area contributed by atoms with Crippen LogP contribution in [0.1, 0.15) is 37.0 Å². The molecule has 1 aliphatic rings. The molecule has 7 nitrogen and oxygen atoms in total. The van der Waals surface area contributed by atoms with Crippen molar-refractivity contribution in [2.75, 3.05) is 23.4 Å². The maximum absolute atomic E-state index is 13.0. The first-order valence-corrected chi connectivity index (χ1v) is 10.4. The third kappa shape index (κ3) is 4.88. The van der Waals surface area contributed by atoms with Crippen LogP contribution in [0.2, 0.25) is 0 Å². The highest BCUT2D eigenvalue weighted by Crippen LogP contribution is 2.35. The number of esters is 1. The summed E-state index contributed by atoms with van der Waals surface area (Å²) in [7, 11) is 0. The van der Waals surface area contributed by atoms with Crippen LogP contribution >= 0.6 is 11.6 Å². The molecule has 0 saturated heterocycles. The quantitative estimate of drug-likeness (QED) is 0.350. The summed E-state index contributed by atoms with van der Waals surface area (Å²) in [6.07, 6.45) is 1.74. The third-order valence-corrected chi connectivity index (χ3v) is 4.90. The van der Waals surface area contributed by atoms with Crippen LogP contribution in [-0.4, -0.2) is 31.0 Å². The Hall–Kier alpha value is -3.32. The van der Waals surface area contributed by atoms with Gasteiger partial charge in [0.15, 0.2) is 0 Å². The van der Waals surface area contributed by atoms with E-state index in [2.05, 4.69) is 5.32 Å². The van der Waals surface area contributed by atoms with Crippen molar-refractivity contribution in [1.82, 2.24) is 0 Å². The van der Waals surface area contributed by atoms with E-state index in [9.17, 15) is 14.4 Å². The second kappa shape index (κ2) is 10.1. The van der Waals surface area contributed by atoms with Crippen molar-refractivity contribution in [1.29, 1.82) is 0 Å². The van der Waals surface area contributed by atoms with E-state index in [1.165, 1.54) is 0 Å². The van der Waals surface area contributed by atoms with Gasteiger partial charge in [-0.25, -0.2) is 9.69 Å². The van der Waals surface area contributed by atoms with Gasteiger partial charge in [0.25, 0.3) is 11.8 Å². The van der Waals surface area contributed by atoms with Crippen molar-refractivity contribution in [3.8, 4) is 5.75 Å². The number of ether oxygens (including phenoxy) is 2. The molecule has 0 unspecified atom stereocenters. The van der Waals surface area contributed by atoms with Crippen molar-refractivity contribution < 1.29 is 23.9 Å². The lowest BCUT2D eigenvalue weighted by Gasteiger charge is -2.18. The lowest BCUT2D eigenvalue weighted by molar-refractivity contribution is -0.120. The molecule has 3 rings (SSSR count). The van der Waals surface area contributed by atoms with Gasteiger partial charge >= 0.3 is 5.97 Å². The van der Waals surface area contributed by atoms with Gasteiger partial charge in [-0.15, -0.1) is 0 Å². The number of carbonyl (C=O) groups excluding carboxylic acids is 3. The standard InChI is InChI=1S/C23H23ClN2O5/c1-3-5-14-31-23(29)15-10-12-16(13-11-15)25-20-19(24)21(27)26(22(20)28)17-8-6-7-9-18(17)30-4-2/h6-13,25H,3-5,14H2,1-2H3. The molecule has 0 aliphatic carbocycles. The van der Waals surface area contributed by atoms with E-state index >= 15 is 0 Å². The summed E-state index contributed by atoms with van der Waals surface area (Å²) in [5, 5.41) is 2.66. The average molecular weight is 443 g/mol. The molecule has 31 heavy (non-hydrogen) atoms. The number of nitrogens with one attached hydrogen (secondary N) is 1. The van der Waals surface area contributed by atoms with Gasteiger partial charge in [0.2, 0.25) is 0 Å². The van der Waals surface area contributed by atoms with Gasteiger partial charge < -0.3 is 14.8 Å². The van der Waals surface area contributed by atoms with Crippen molar-refractivity contribution in [3.05, 3.63) is 64.8 Å². The Labute approximate surface area is 185 Å². The first kappa shape index (κ1) is 22.4. The second-order valence-corrected chi connectivity index (χ2v) is 7.11. The first-order chi connectivity index (χ1) is 15.0. The smallest absolute Gasteiger partial charge is 0.338 e. The van der Waals surface area contributed by atoms with Crippen molar-refractivity contribution in [2.24, 2.45) is 0 Å². The van der Waals surface area contributed by atoms with Crippen LogP contribution in [0, 0.1) is 0 Å². The highest BCUT2D eigenvalue weighted by molar-refractivity contribution is 6.53. The Morgan fingerprint density at radius 3 is 2.42 bits per heavy atom. The molecule has 2 amide bonds. The van der Waals surface area contributed by atoms with Crippen LogP contribution in [0.5, 0.6) is 5.75 Å². The van der Waals surface area contributed by atoms with Gasteiger partial charge in [0, 0.05) is 5.69 Å². The van der Waals surface area contributed by atoms with E-state index in [4.69, 9.17) is 21.1 Å². The molecule has 1 aliphatic heterocycles. The van der Waals surface area contributed by atoms with Crippen molar-refractivity contribution >= 4 is 40.8 Å². The van der Waals surface area contributed by atoms with Crippen molar-refractivity contribution in [3.63, 3.8) is 0 Å². The minimum absolute atomic E-state index is 0.0451. The fraction of sp³-hybridized carbons (Fsp3) is 0.261.